The number of nitrogens with zero attached hydrogens (tertiary/aromatic N) is 3. The molecular formula is C21H20N4O5S2. The van der Waals surface area contributed by atoms with E-state index in [-0.39, 0.29) is 34.8 Å². The second kappa shape index (κ2) is 10.1. The lowest BCUT2D eigenvalue weighted by Crippen LogP contribution is -2.32. The Hall–Kier alpha value is -3.02. The van der Waals surface area contributed by atoms with Crippen LogP contribution in [-0.4, -0.2) is 52.1 Å². The molecule has 2 heterocycles. The van der Waals surface area contributed by atoms with Crippen LogP contribution >= 0.6 is 23.1 Å². The molecule has 1 unspecified atom stereocenters. The minimum absolute atomic E-state index is 0.0493. The molecule has 0 saturated carbocycles. The number of phenols is 1. The number of aliphatic imine (C=N–C) groups is 1. The van der Waals surface area contributed by atoms with Crippen molar-refractivity contribution in [3.05, 3.63) is 52.1 Å². The lowest BCUT2D eigenvalue weighted by atomic mass is 10.2. The van der Waals surface area contributed by atoms with Gasteiger partial charge in [-0.1, -0.05) is 11.8 Å². The van der Waals surface area contributed by atoms with Crippen molar-refractivity contribution in [2.75, 3.05) is 18.9 Å². The van der Waals surface area contributed by atoms with Gasteiger partial charge in [0, 0.05) is 37.1 Å². The van der Waals surface area contributed by atoms with Crippen LogP contribution in [0.15, 0.2) is 45.7 Å². The smallest absolute Gasteiger partial charge is 0.270 e. The highest BCUT2D eigenvalue weighted by Gasteiger charge is 2.16. The fourth-order valence-electron chi connectivity index (χ4n) is 3.15. The predicted octanol–water partition coefficient (Wildman–Crippen LogP) is 4.05. The largest absolute Gasteiger partial charge is 0.507 e. The van der Waals surface area contributed by atoms with E-state index in [0.29, 0.717) is 12.2 Å². The second-order valence-corrected chi connectivity index (χ2v) is 9.37. The summed E-state index contributed by atoms with van der Waals surface area (Å²) in [4.78, 5) is 31.3. The molecule has 0 aliphatic carbocycles. The molecule has 11 heteroatoms. The van der Waals surface area contributed by atoms with Gasteiger partial charge in [0.15, 0.2) is 4.34 Å². The topological polar surface area (TPSA) is 127 Å². The molecule has 0 spiro atoms. The average Bonchev–Trinajstić information content (AvgIpc) is 3.44. The van der Waals surface area contributed by atoms with Crippen molar-refractivity contribution < 1.29 is 19.6 Å². The Morgan fingerprint density at radius 1 is 1.41 bits per heavy atom. The normalized spacial score (nSPS) is 16.1. The van der Waals surface area contributed by atoms with Gasteiger partial charge in [-0.2, -0.15) is 0 Å². The van der Waals surface area contributed by atoms with E-state index in [1.165, 1.54) is 47.5 Å². The van der Waals surface area contributed by atoms with E-state index in [9.17, 15) is 20.0 Å². The number of aromatic nitrogens is 1. The zero-order valence-electron chi connectivity index (χ0n) is 16.9. The molecule has 3 aromatic rings. The fourth-order valence-corrected chi connectivity index (χ4v) is 5.08. The number of nitrogens with one attached hydrogen (secondary N) is 1. The number of non-ortho nitro benzene ring substituents is 1. The Morgan fingerprint density at radius 2 is 2.28 bits per heavy atom. The summed E-state index contributed by atoms with van der Waals surface area (Å²) in [7, 11) is 0. The zero-order chi connectivity index (χ0) is 22.5. The minimum atomic E-state index is -0.526. The number of fused-ring (bicyclic) bond motifs is 1. The zero-order valence-corrected chi connectivity index (χ0v) is 18.5. The molecule has 1 aliphatic rings. The number of amides is 1. The van der Waals surface area contributed by atoms with E-state index in [1.54, 1.807) is 6.07 Å². The quantitative estimate of drug-likeness (QED) is 0.219. The van der Waals surface area contributed by atoms with E-state index in [0.717, 1.165) is 34.0 Å². The van der Waals surface area contributed by atoms with Crippen LogP contribution in [0.25, 0.3) is 10.2 Å². The van der Waals surface area contributed by atoms with Crippen LogP contribution in [0, 0.1) is 10.1 Å². The maximum absolute atomic E-state index is 12.1. The first-order chi connectivity index (χ1) is 15.5. The van der Waals surface area contributed by atoms with Gasteiger partial charge in [0.05, 0.1) is 32.7 Å². The van der Waals surface area contributed by atoms with Crippen LogP contribution < -0.4 is 5.32 Å². The number of nitro groups is 1. The molecule has 2 aromatic carbocycles. The second-order valence-electron chi connectivity index (χ2n) is 7.12. The van der Waals surface area contributed by atoms with E-state index in [4.69, 9.17) is 4.74 Å². The Bertz CT molecular complexity index is 1170. The number of nitro benzene ring substituents is 1. The summed E-state index contributed by atoms with van der Waals surface area (Å²) in [6, 6.07) is 9.22. The molecule has 1 aliphatic heterocycles. The maximum Gasteiger partial charge on any atom is 0.270 e. The number of thioether (sulfide) groups is 1. The van der Waals surface area contributed by atoms with E-state index in [2.05, 4.69) is 15.3 Å². The van der Waals surface area contributed by atoms with Gasteiger partial charge in [-0.15, -0.1) is 11.3 Å². The van der Waals surface area contributed by atoms with E-state index in [1.807, 2.05) is 12.1 Å². The highest BCUT2D eigenvalue weighted by molar-refractivity contribution is 8.01. The molecule has 0 radical (unpaired) electrons. The van der Waals surface area contributed by atoms with Crippen LogP contribution in [0.5, 0.6) is 5.75 Å². The summed E-state index contributed by atoms with van der Waals surface area (Å²) >= 11 is 2.84. The molecule has 1 aromatic heterocycles. The van der Waals surface area contributed by atoms with Gasteiger partial charge in [-0.05, 0) is 37.1 Å². The van der Waals surface area contributed by atoms with Gasteiger partial charge in [-0.25, -0.2) is 4.98 Å². The summed E-state index contributed by atoms with van der Waals surface area (Å²) in [6.07, 6.45) is 3.53. The number of hydrogen-bond acceptors (Lipinski definition) is 9. The van der Waals surface area contributed by atoms with Gasteiger partial charge in [0.2, 0.25) is 5.91 Å². The van der Waals surface area contributed by atoms with Crippen molar-refractivity contribution in [1.82, 2.24) is 10.3 Å². The molecular weight excluding hydrogens is 452 g/mol. The molecule has 4 rings (SSSR count). The average molecular weight is 473 g/mol. The number of carbonyl (C=O) groups excluding carboxylic acids is 1. The molecule has 1 atom stereocenters. The molecule has 1 fully saturated rings. The van der Waals surface area contributed by atoms with Crippen LogP contribution in [0.1, 0.15) is 18.4 Å². The van der Waals surface area contributed by atoms with Crippen LogP contribution in [0.3, 0.4) is 0 Å². The molecule has 9 nitrogen and oxygen atoms in total. The van der Waals surface area contributed by atoms with Crippen molar-refractivity contribution >= 4 is 56.8 Å². The standard InChI is InChI=1S/C21H20N4O5S2/c26-18-6-4-15(25(28)29)8-13(18)10-22-14-3-5-17-19(9-14)32-21(24-17)31-12-20(27)23-11-16-2-1-7-30-16/h3-6,8-10,16,26H,1-2,7,11-12H2,(H,23,27). The summed E-state index contributed by atoms with van der Waals surface area (Å²) in [5.41, 5.74) is 1.56. The highest BCUT2D eigenvalue weighted by Crippen LogP contribution is 2.32. The van der Waals surface area contributed by atoms with Crippen LogP contribution in [0.2, 0.25) is 0 Å². The summed E-state index contributed by atoms with van der Waals surface area (Å²) in [5, 5.41) is 23.7. The van der Waals surface area contributed by atoms with Gasteiger partial charge >= 0.3 is 0 Å². The van der Waals surface area contributed by atoms with Crippen molar-refractivity contribution in [3.8, 4) is 5.75 Å². The van der Waals surface area contributed by atoms with Crippen molar-refractivity contribution in [1.29, 1.82) is 0 Å². The Kier molecular flexibility index (Phi) is 6.98. The molecule has 2 N–H and O–H groups in total. The third-order valence-corrected chi connectivity index (χ3v) is 6.97. The minimum Gasteiger partial charge on any atom is -0.507 e. The summed E-state index contributed by atoms with van der Waals surface area (Å²) < 4.78 is 7.19. The van der Waals surface area contributed by atoms with Crippen molar-refractivity contribution in [2.45, 2.75) is 23.3 Å². The Morgan fingerprint density at radius 3 is 3.06 bits per heavy atom. The number of rotatable bonds is 8. The monoisotopic (exact) mass is 472 g/mol. The number of phenolic OH excluding ortho intramolecular Hbond substituents is 1. The molecule has 1 saturated heterocycles. The number of hydrogen-bond donors (Lipinski definition) is 2. The number of benzene rings is 2. The number of carbonyl (C=O) groups is 1. The first-order valence-corrected chi connectivity index (χ1v) is 11.7. The highest BCUT2D eigenvalue weighted by atomic mass is 32.2. The third kappa shape index (κ3) is 5.61. The molecule has 32 heavy (non-hydrogen) atoms. The first-order valence-electron chi connectivity index (χ1n) is 9.91. The Labute approximate surface area is 191 Å². The summed E-state index contributed by atoms with van der Waals surface area (Å²) in [5.74, 6) is 0.144. The lowest BCUT2D eigenvalue weighted by Gasteiger charge is -2.09. The molecule has 1 amide bonds. The third-order valence-electron chi connectivity index (χ3n) is 4.80. The van der Waals surface area contributed by atoms with E-state index < -0.39 is 4.92 Å². The fraction of sp³-hybridized carbons (Fsp3) is 0.286. The van der Waals surface area contributed by atoms with Crippen LogP contribution in [0.4, 0.5) is 11.4 Å². The lowest BCUT2D eigenvalue weighted by molar-refractivity contribution is -0.384. The summed E-state index contributed by atoms with van der Waals surface area (Å²) in [6.45, 7) is 1.31. The van der Waals surface area contributed by atoms with Gasteiger partial charge in [0.25, 0.3) is 5.69 Å². The van der Waals surface area contributed by atoms with Gasteiger partial charge in [0.1, 0.15) is 5.75 Å². The molecule has 166 valence electrons. The molecule has 0 bridgehead atoms. The van der Waals surface area contributed by atoms with E-state index >= 15 is 0 Å². The first kappa shape index (κ1) is 22.2. The predicted molar refractivity (Wildman–Crippen MR) is 124 cm³/mol. The number of ether oxygens (including phenoxy) is 1. The van der Waals surface area contributed by atoms with Crippen LogP contribution in [-0.2, 0) is 9.53 Å². The number of thiazole rings is 1. The Balaban J connectivity index is 1.38. The van der Waals surface area contributed by atoms with Gasteiger partial charge < -0.3 is 15.2 Å². The maximum atomic E-state index is 12.1. The van der Waals surface area contributed by atoms with Crippen molar-refractivity contribution in [2.24, 2.45) is 4.99 Å². The van der Waals surface area contributed by atoms with Crippen molar-refractivity contribution in [3.63, 3.8) is 0 Å². The number of aromatic hydroxyl groups is 1. The SMILES string of the molecule is O=C(CSc1nc2ccc(N=Cc3cc([N+](=O)[O-])ccc3O)cc2s1)NCC1CCCO1. The van der Waals surface area contributed by atoms with Gasteiger partial charge in [-0.3, -0.25) is 19.9 Å².